The summed E-state index contributed by atoms with van der Waals surface area (Å²) in [6, 6.07) is 64.2. The molecule has 34 heteroatoms. The second-order valence-electron chi connectivity index (χ2n) is 29.3. The molecule has 16 N–H and O–H groups in total. The van der Waals surface area contributed by atoms with Crippen LogP contribution >= 0.6 is 0 Å². The molecule has 1 atom stereocenters. The van der Waals surface area contributed by atoms with Crippen molar-refractivity contribution in [3.05, 3.63) is 297 Å². The van der Waals surface area contributed by atoms with Gasteiger partial charge in [-0.2, -0.15) is 95.0 Å². The van der Waals surface area contributed by atoms with Gasteiger partial charge in [0, 0.05) is 34.1 Å². The highest BCUT2D eigenvalue weighted by Gasteiger charge is 2.17. The average molecular weight is 1800 g/mol. The standard InChI is InChI=1S/2C18H23N3O3S.C15H17N3O3S.C14H15N3O3S.2C14H15N3/c1-4-12(3)17-11-15(10-13(5-2)18(17)19)21-20-14-6-8-16(9-7-14)25(22,23)24;1-3-5-6-14-12-16(11-13(4-2)18(14)19)21-20-15-7-9-17(10-8-15)25(22,23)24;1-3-11-9-13(8-10(2)15(11)16)18-17-12-4-6-14(7-5-12)22(19,20)21;1-9-7-12(8-10(2)14(9)15)17-16-11-3-5-13(6-4-11)21(18,19)20;2*1-10-8-13(9-11(2)14(10)15)17-16-12-6-4-3-5-7-12/h6-12H,4-5,19H2,1-3H3,(H,22,23,24);7-12H,3-6,19H2,1-2H3,(H,22,23,24);4-9H,3,16H2,1-2H3,(H,19,20,21);3-8H,15H2,1-2H3,(H,18,19,20);2*3-9H,15H2,1-2H3. The molecule has 0 heterocycles. The van der Waals surface area contributed by atoms with Crippen LogP contribution in [-0.2, 0) is 66.2 Å². The van der Waals surface area contributed by atoms with E-state index in [4.69, 9.17) is 52.6 Å². The molecule has 12 aromatic carbocycles. The molecule has 0 saturated heterocycles. The molecule has 0 fully saturated rings. The summed E-state index contributed by atoms with van der Waals surface area (Å²) in [5.41, 5.74) is 61.1. The summed E-state index contributed by atoms with van der Waals surface area (Å²) in [6.07, 6.45) is 6.46. The highest BCUT2D eigenvalue weighted by atomic mass is 32.2. The maximum atomic E-state index is 11.0. The molecule has 0 aliphatic heterocycles. The zero-order valence-corrected chi connectivity index (χ0v) is 76.3. The number of azo groups is 6. The molecule has 0 saturated carbocycles. The Morgan fingerprint density at radius 1 is 0.260 bits per heavy atom. The molecule has 666 valence electrons. The van der Waals surface area contributed by atoms with E-state index in [1.165, 1.54) is 97.1 Å². The number of hydrogen-bond donors (Lipinski definition) is 10. The van der Waals surface area contributed by atoms with Crippen molar-refractivity contribution in [3.8, 4) is 0 Å². The molecular weight excluding hydrogens is 1690 g/mol. The fourth-order valence-electron chi connectivity index (χ4n) is 12.0. The zero-order valence-electron chi connectivity index (χ0n) is 73.0. The number of unbranched alkanes of at least 4 members (excludes halogenated alkanes) is 1. The predicted octanol–water partition coefficient (Wildman–Crippen LogP) is 25.8. The van der Waals surface area contributed by atoms with Crippen LogP contribution in [0.15, 0.2) is 311 Å². The summed E-state index contributed by atoms with van der Waals surface area (Å²) in [6.45, 7) is 26.1. The SMILES string of the molecule is CCCCc1cc(N=Nc2ccc(S(=O)(=O)O)cc2)cc(CC)c1N.CCc1cc(N=Nc2ccc(S(=O)(=O)O)cc2)cc(C(C)CC)c1N.CCc1cc(N=Nc2ccc(S(=O)(=O)O)cc2)cc(C)c1N.Cc1cc(N=Nc2ccc(S(=O)(=O)O)cc2)cc(C)c1N.Cc1cc(N=Nc2ccccc2)cc(C)c1N.Cc1cc(N=Nc2ccccc2)cc(C)c1N. The molecule has 0 aliphatic rings. The summed E-state index contributed by atoms with van der Waals surface area (Å²) in [7, 11) is -16.8. The lowest BCUT2D eigenvalue weighted by atomic mass is 9.93. The number of hydrogen-bond acceptors (Lipinski definition) is 26. The number of nitrogen functional groups attached to an aromatic ring is 6. The summed E-state index contributed by atoms with van der Waals surface area (Å²) in [5, 5.41) is 49.8. The number of aryl methyl sites for hydroxylation is 11. The topological polar surface area (TPSA) is 522 Å². The molecule has 0 bridgehead atoms. The Bertz CT molecular complexity index is 6280. The van der Waals surface area contributed by atoms with Crippen molar-refractivity contribution >= 4 is 143 Å². The van der Waals surface area contributed by atoms with Crippen LogP contribution in [0.4, 0.5) is 102 Å². The van der Waals surface area contributed by atoms with Crippen molar-refractivity contribution in [2.45, 2.75) is 160 Å². The van der Waals surface area contributed by atoms with Gasteiger partial charge in [0.15, 0.2) is 0 Å². The van der Waals surface area contributed by atoms with Crippen LogP contribution < -0.4 is 34.4 Å². The van der Waals surface area contributed by atoms with Gasteiger partial charge >= 0.3 is 0 Å². The average Bonchev–Trinajstić information content (AvgIpc) is 0.855. The van der Waals surface area contributed by atoms with E-state index in [-0.39, 0.29) is 19.6 Å². The fourth-order valence-corrected chi connectivity index (χ4v) is 14.0. The van der Waals surface area contributed by atoms with E-state index >= 15 is 0 Å². The molecule has 0 radical (unpaired) electrons. The van der Waals surface area contributed by atoms with Crippen LogP contribution in [0.5, 0.6) is 0 Å². The quantitative estimate of drug-likeness (QED) is 0.0153. The van der Waals surface area contributed by atoms with E-state index in [1.54, 1.807) is 0 Å². The van der Waals surface area contributed by atoms with Gasteiger partial charge in [0.1, 0.15) is 0 Å². The van der Waals surface area contributed by atoms with Crippen molar-refractivity contribution in [1.29, 1.82) is 0 Å². The first kappa shape index (κ1) is 101. The molecule has 127 heavy (non-hydrogen) atoms. The van der Waals surface area contributed by atoms with Gasteiger partial charge in [0.05, 0.1) is 87.8 Å². The first-order chi connectivity index (χ1) is 60.0. The Labute approximate surface area is 743 Å². The monoisotopic (exact) mass is 1800 g/mol. The minimum Gasteiger partial charge on any atom is -0.398 e. The van der Waals surface area contributed by atoms with Gasteiger partial charge in [0.25, 0.3) is 40.5 Å². The van der Waals surface area contributed by atoms with E-state index in [0.717, 1.165) is 174 Å². The maximum Gasteiger partial charge on any atom is 0.294 e. The second-order valence-corrected chi connectivity index (χ2v) is 35.0. The van der Waals surface area contributed by atoms with E-state index in [9.17, 15) is 33.7 Å². The Kier molecular flexibility index (Phi) is 37.4. The first-order valence-corrected chi connectivity index (χ1v) is 46.0. The van der Waals surface area contributed by atoms with Crippen LogP contribution in [-0.4, -0.2) is 51.9 Å². The number of benzene rings is 12. The normalized spacial score (nSPS) is 11.9. The summed E-state index contributed by atoms with van der Waals surface area (Å²) < 4.78 is 124. The minimum absolute atomic E-state index is 0.172. The smallest absolute Gasteiger partial charge is 0.294 e. The Morgan fingerprint density at radius 2 is 0.472 bits per heavy atom. The van der Waals surface area contributed by atoms with Gasteiger partial charge < -0.3 is 34.4 Å². The summed E-state index contributed by atoms with van der Waals surface area (Å²) in [5.74, 6) is 0.328. The Hall–Kier alpha value is -13.3. The number of nitrogens with two attached hydrogens (primary N) is 6. The molecule has 0 amide bonds. The lowest BCUT2D eigenvalue weighted by Crippen LogP contribution is -2.02. The largest absolute Gasteiger partial charge is 0.398 e. The van der Waals surface area contributed by atoms with Crippen LogP contribution in [0.1, 0.15) is 133 Å². The highest BCUT2D eigenvalue weighted by Crippen LogP contribution is 2.36. The molecule has 1 unspecified atom stereocenters. The summed E-state index contributed by atoms with van der Waals surface area (Å²) >= 11 is 0. The lowest BCUT2D eigenvalue weighted by molar-refractivity contribution is 0.481. The van der Waals surface area contributed by atoms with Crippen LogP contribution in [0, 0.1) is 48.5 Å². The van der Waals surface area contributed by atoms with Gasteiger partial charge in [-0.25, -0.2) is 0 Å². The van der Waals surface area contributed by atoms with Crippen molar-refractivity contribution in [1.82, 2.24) is 0 Å². The Balaban J connectivity index is 0.000000210. The predicted molar refractivity (Wildman–Crippen MR) is 507 cm³/mol. The van der Waals surface area contributed by atoms with E-state index in [1.807, 2.05) is 203 Å². The minimum atomic E-state index is -4.20. The van der Waals surface area contributed by atoms with Crippen molar-refractivity contribution in [2.75, 3.05) is 34.4 Å². The van der Waals surface area contributed by atoms with E-state index < -0.39 is 40.5 Å². The molecule has 0 spiro atoms. The highest BCUT2D eigenvalue weighted by molar-refractivity contribution is 7.86. The van der Waals surface area contributed by atoms with Crippen molar-refractivity contribution in [3.63, 3.8) is 0 Å². The summed E-state index contributed by atoms with van der Waals surface area (Å²) in [4.78, 5) is -0.705. The van der Waals surface area contributed by atoms with Gasteiger partial charge in [-0.3, -0.25) is 18.2 Å². The van der Waals surface area contributed by atoms with E-state index in [2.05, 4.69) is 82.1 Å². The van der Waals surface area contributed by atoms with Gasteiger partial charge in [0.2, 0.25) is 0 Å². The third-order valence-electron chi connectivity index (χ3n) is 19.6. The second kappa shape index (κ2) is 47.1. The lowest BCUT2D eigenvalue weighted by Gasteiger charge is -2.16. The van der Waals surface area contributed by atoms with Gasteiger partial charge in [-0.15, -0.1) is 0 Å². The fraction of sp³-hybridized carbons (Fsp3) is 0.226. The molecule has 0 aromatic heterocycles. The Morgan fingerprint density at radius 3 is 0.724 bits per heavy atom. The van der Waals surface area contributed by atoms with E-state index in [0.29, 0.717) is 45.7 Å². The zero-order chi connectivity index (χ0) is 93.5. The molecular formula is C93H108N18O12S4. The third-order valence-corrected chi connectivity index (χ3v) is 23.1. The first-order valence-electron chi connectivity index (χ1n) is 40.3. The van der Waals surface area contributed by atoms with Gasteiger partial charge in [-0.1, -0.05) is 84.4 Å². The molecule has 0 aliphatic carbocycles. The van der Waals surface area contributed by atoms with Crippen LogP contribution in [0.2, 0.25) is 0 Å². The maximum absolute atomic E-state index is 11.0. The van der Waals surface area contributed by atoms with Crippen LogP contribution in [0.3, 0.4) is 0 Å². The number of nitrogens with zero attached hydrogens (tertiary/aromatic N) is 12. The molecule has 12 aromatic rings. The van der Waals surface area contributed by atoms with Crippen molar-refractivity contribution in [2.24, 2.45) is 61.4 Å². The van der Waals surface area contributed by atoms with Gasteiger partial charge in [-0.05, 0) is 354 Å². The third kappa shape index (κ3) is 31.7. The number of anilines is 6. The van der Waals surface area contributed by atoms with Crippen molar-refractivity contribution < 1.29 is 51.9 Å². The number of rotatable bonds is 24. The molecule has 12 rings (SSSR count). The molecule has 30 nitrogen and oxygen atoms in total. The van der Waals surface area contributed by atoms with Crippen LogP contribution in [0.25, 0.3) is 0 Å².